The van der Waals surface area contributed by atoms with Gasteiger partial charge in [-0.15, -0.1) is 0 Å². The van der Waals surface area contributed by atoms with Gasteiger partial charge in [-0.3, -0.25) is 0 Å². The lowest BCUT2D eigenvalue weighted by molar-refractivity contribution is 0.0804. The maximum atomic E-state index is 5.77. The molecule has 0 amide bonds. The van der Waals surface area contributed by atoms with Crippen LogP contribution in [0.5, 0.6) is 0 Å². The zero-order valence-corrected chi connectivity index (χ0v) is 12.0. The van der Waals surface area contributed by atoms with Gasteiger partial charge in [0.15, 0.2) is 0 Å². The summed E-state index contributed by atoms with van der Waals surface area (Å²) in [5, 5.41) is 0. The molecule has 0 unspecified atom stereocenters. The van der Waals surface area contributed by atoms with Gasteiger partial charge in [0, 0.05) is 16.3 Å². The van der Waals surface area contributed by atoms with Crippen LogP contribution in [0.25, 0.3) is 0 Å². The van der Waals surface area contributed by atoms with Crippen LogP contribution in [0.4, 0.5) is 0 Å². The minimum atomic E-state index is 0.248. The van der Waals surface area contributed by atoms with E-state index in [-0.39, 0.29) is 5.41 Å². The highest BCUT2D eigenvalue weighted by atomic mass is 79.9. The predicted octanol–water partition coefficient (Wildman–Crippen LogP) is 3.42. The molecule has 1 aliphatic carbocycles. The van der Waals surface area contributed by atoms with E-state index in [9.17, 15) is 0 Å². The van der Waals surface area contributed by atoms with E-state index in [0.717, 1.165) is 17.5 Å². The summed E-state index contributed by atoms with van der Waals surface area (Å²) in [6.45, 7) is 1.41. The molecule has 0 heterocycles. The van der Waals surface area contributed by atoms with Gasteiger partial charge in [0.05, 0.1) is 18.2 Å². The largest absolute Gasteiger partial charge is 0.393 e. The van der Waals surface area contributed by atoms with Gasteiger partial charge in [-0.1, -0.05) is 40.3 Å². The minimum Gasteiger partial charge on any atom is -0.393 e. The van der Waals surface area contributed by atoms with Crippen molar-refractivity contribution in [2.24, 2.45) is 11.1 Å². The molecule has 0 spiro atoms. The average Bonchev–Trinajstić information content (AvgIpc) is 2.97. The molecule has 1 aliphatic rings. The second-order valence-corrected chi connectivity index (χ2v) is 6.21. The van der Waals surface area contributed by atoms with Gasteiger partial charge in [-0.2, -0.15) is 0 Å². The molecule has 0 aromatic heterocycles. The first-order valence-corrected chi connectivity index (χ1v) is 6.90. The Morgan fingerprint density at radius 3 is 2.82 bits per heavy atom. The highest BCUT2D eigenvalue weighted by Crippen LogP contribution is 2.49. The van der Waals surface area contributed by atoms with E-state index in [1.165, 1.54) is 18.4 Å². The summed E-state index contributed by atoms with van der Waals surface area (Å²) in [6.07, 6.45) is 3.19. The van der Waals surface area contributed by atoms with Gasteiger partial charge >= 0.3 is 0 Å². The second kappa shape index (κ2) is 5.46. The summed E-state index contributed by atoms with van der Waals surface area (Å²) in [5.41, 5.74) is 7.02. The Kier molecular flexibility index (Phi) is 4.17. The third-order valence-corrected chi connectivity index (χ3v) is 3.71. The molecule has 0 atom stereocenters. The topological polar surface area (TPSA) is 35.2 Å². The van der Waals surface area contributed by atoms with Gasteiger partial charge < -0.3 is 10.5 Å². The molecule has 1 fully saturated rings. The smallest absolute Gasteiger partial charge is 0.0733 e. The van der Waals surface area contributed by atoms with Gasteiger partial charge in [0.2, 0.25) is 0 Å². The molecule has 0 saturated heterocycles. The van der Waals surface area contributed by atoms with Crippen LogP contribution < -0.4 is 5.73 Å². The molecule has 1 saturated carbocycles. The summed E-state index contributed by atoms with van der Waals surface area (Å²) in [5.74, 6) is 0. The van der Waals surface area contributed by atoms with Crippen LogP contribution in [0.3, 0.4) is 0 Å². The first kappa shape index (κ1) is 13.0. The van der Waals surface area contributed by atoms with E-state index in [0.29, 0.717) is 11.6 Å². The fourth-order valence-electron chi connectivity index (χ4n) is 1.93. The molecule has 4 heteroatoms. The zero-order valence-electron chi connectivity index (χ0n) is 9.62. The maximum Gasteiger partial charge on any atom is 0.0733 e. The van der Waals surface area contributed by atoms with Crippen molar-refractivity contribution >= 4 is 33.1 Å². The van der Waals surface area contributed by atoms with E-state index < -0.39 is 0 Å². The number of hydrogen-bond acceptors (Lipinski definition) is 2. The van der Waals surface area contributed by atoms with Crippen molar-refractivity contribution < 1.29 is 4.74 Å². The molecule has 0 radical (unpaired) electrons. The van der Waals surface area contributed by atoms with Gasteiger partial charge in [-0.25, -0.2) is 0 Å². The standard InChI is InChI=1S/C13H16BrNOS/c14-11-3-1-2-10(6-11)8-16-9-13(4-5-13)7-12(15)17/h1-3,6H,4-5,7-9H2,(H2,15,17). The Bertz CT molecular complexity index is 418. The van der Waals surface area contributed by atoms with Crippen LogP contribution in [0.2, 0.25) is 0 Å². The fraction of sp³-hybridized carbons (Fsp3) is 0.462. The summed E-state index contributed by atoms with van der Waals surface area (Å²) in [6, 6.07) is 8.18. The summed E-state index contributed by atoms with van der Waals surface area (Å²) >= 11 is 8.41. The van der Waals surface area contributed by atoms with E-state index in [1.807, 2.05) is 12.1 Å². The number of halogens is 1. The van der Waals surface area contributed by atoms with Crippen molar-refractivity contribution in [3.8, 4) is 0 Å². The Labute approximate surface area is 116 Å². The highest BCUT2D eigenvalue weighted by Gasteiger charge is 2.43. The lowest BCUT2D eigenvalue weighted by Gasteiger charge is -2.14. The monoisotopic (exact) mass is 313 g/mol. The first-order valence-electron chi connectivity index (χ1n) is 5.70. The normalized spacial score (nSPS) is 16.8. The number of hydrogen-bond donors (Lipinski definition) is 1. The molecule has 2 N–H and O–H groups in total. The Balaban J connectivity index is 1.78. The highest BCUT2D eigenvalue weighted by molar-refractivity contribution is 9.10. The molecule has 2 rings (SSSR count). The second-order valence-electron chi connectivity index (χ2n) is 4.77. The van der Waals surface area contributed by atoms with Crippen LogP contribution in [-0.4, -0.2) is 11.6 Å². The predicted molar refractivity (Wildman–Crippen MR) is 76.9 cm³/mol. The van der Waals surface area contributed by atoms with Crippen molar-refractivity contribution in [1.29, 1.82) is 0 Å². The molecule has 2 nitrogen and oxygen atoms in total. The summed E-state index contributed by atoms with van der Waals surface area (Å²) in [7, 11) is 0. The summed E-state index contributed by atoms with van der Waals surface area (Å²) < 4.78 is 6.85. The van der Waals surface area contributed by atoms with Crippen LogP contribution in [0.1, 0.15) is 24.8 Å². The fourth-order valence-corrected chi connectivity index (χ4v) is 2.68. The van der Waals surface area contributed by atoms with Crippen LogP contribution in [0, 0.1) is 5.41 Å². The lowest BCUT2D eigenvalue weighted by Crippen LogP contribution is -2.19. The quantitative estimate of drug-likeness (QED) is 0.817. The van der Waals surface area contributed by atoms with Gasteiger partial charge in [0.1, 0.15) is 0 Å². The zero-order chi connectivity index (χ0) is 12.3. The van der Waals surface area contributed by atoms with Gasteiger partial charge in [0.25, 0.3) is 0 Å². The van der Waals surface area contributed by atoms with E-state index in [2.05, 4.69) is 28.1 Å². The van der Waals surface area contributed by atoms with Crippen LogP contribution >= 0.6 is 28.1 Å². The molecule has 0 aliphatic heterocycles. The number of thiocarbonyl (C=S) groups is 1. The van der Waals surface area contributed by atoms with Crippen molar-refractivity contribution in [2.75, 3.05) is 6.61 Å². The molecule has 1 aromatic rings. The Morgan fingerprint density at radius 1 is 1.47 bits per heavy atom. The Hall–Kier alpha value is -0.450. The molecule has 17 heavy (non-hydrogen) atoms. The number of nitrogens with two attached hydrogens (primary N) is 1. The minimum absolute atomic E-state index is 0.248. The van der Waals surface area contributed by atoms with E-state index in [1.54, 1.807) is 0 Å². The molecular weight excluding hydrogens is 298 g/mol. The third-order valence-electron chi connectivity index (χ3n) is 3.07. The average molecular weight is 314 g/mol. The number of rotatable bonds is 6. The Morgan fingerprint density at radius 2 is 2.24 bits per heavy atom. The van der Waals surface area contributed by atoms with E-state index in [4.69, 9.17) is 22.7 Å². The SMILES string of the molecule is NC(=S)CC1(COCc2cccc(Br)c2)CC1. The molecule has 1 aromatic carbocycles. The van der Waals surface area contributed by atoms with Crippen LogP contribution in [0.15, 0.2) is 28.7 Å². The molecule has 92 valence electrons. The maximum absolute atomic E-state index is 5.77. The third kappa shape index (κ3) is 4.05. The van der Waals surface area contributed by atoms with Crippen LogP contribution in [-0.2, 0) is 11.3 Å². The van der Waals surface area contributed by atoms with Crippen molar-refractivity contribution in [3.63, 3.8) is 0 Å². The molecule has 0 bridgehead atoms. The van der Waals surface area contributed by atoms with E-state index >= 15 is 0 Å². The number of benzene rings is 1. The number of ether oxygens (including phenoxy) is 1. The van der Waals surface area contributed by atoms with Gasteiger partial charge in [-0.05, 0) is 30.5 Å². The first-order chi connectivity index (χ1) is 8.10. The summed E-state index contributed by atoms with van der Waals surface area (Å²) in [4.78, 5) is 0.605. The van der Waals surface area contributed by atoms with Crippen molar-refractivity contribution in [1.82, 2.24) is 0 Å². The molecular formula is C13H16BrNOS. The van der Waals surface area contributed by atoms with Crippen molar-refractivity contribution in [3.05, 3.63) is 34.3 Å². The lowest BCUT2D eigenvalue weighted by atomic mass is 10.0. The van der Waals surface area contributed by atoms with Crippen molar-refractivity contribution in [2.45, 2.75) is 25.9 Å².